The van der Waals surface area contributed by atoms with Crippen molar-refractivity contribution in [1.82, 2.24) is 20.2 Å². The van der Waals surface area contributed by atoms with Crippen LogP contribution in [0.1, 0.15) is 5.69 Å². The largest absolute Gasteiger partial charge is 0.282 e. The van der Waals surface area contributed by atoms with Crippen LogP contribution in [-0.2, 0) is 0 Å². The van der Waals surface area contributed by atoms with E-state index in [-0.39, 0.29) is 0 Å². The molecule has 0 unspecified atom stereocenters. The maximum Gasteiger partial charge on any atom is 0.161 e. The van der Waals surface area contributed by atoms with Crippen LogP contribution < -0.4 is 0 Å². The first kappa shape index (κ1) is 10.2. The smallest absolute Gasteiger partial charge is 0.161 e. The molecule has 0 aliphatic rings. The molecule has 17 heavy (non-hydrogen) atoms. The summed E-state index contributed by atoms with van der Waals surface area (Å²) in [6, 6.07) is 7.51. The second-order valence-corrected chi connectivity index (χ2v) is 4.20. The minimum Gasteiger partial charge on any atom is -0.282 e. The summed E-state index contributed by atoms with van der Waals surface area (Å²) in [7, 11) is 0. The summed E-state index contributed by atoms with van der Waals surface area (Å²) in [5.74, 6) is 0. The number of aromatic nitrogens is 4. The Kier molecular flexibility index (Phi) is 2.30. The maximum atomic E-state index is 6.06. The van der Waals surface area contributed by atoms with E-state index in [1.54, 1.807) is 12.3 Å². The molecule has 0 saturated heterocycles. The molecule has 3 heterocycles. The number of fused-ring (bicyclic) bond motifs is 1. The molecule has 84 valence electrons. The molecule has 0 amide bonds. The second kappa shape index (κ2) is 3.82. The van der Waals surface area contributed by atoms with E-state index in [0.717, 1.165) is 22.5 Å². The fourth-order valence-electron chi connectivity index (χ4n) is 1.69. The maximum absolute atomic E-state index is 6.06. The molecule has 3 aromatic heterocycles. The van der Waals surface area contributed by atoms with E-state index in [0.29, 0.717) is 10.7 Å². The third-order valence-electron chi connectivity index (χ3n) is 2.52. The third-order valence-corrected chi connectivity index (χ3v) is 2.85. The molecule has 0 atom stereocenters. The lowest BCUT2D eigenvalue weighted by Crippen LogP contribution is -1.88. The van der Waals surface area contributed by atoms with Gasteiger partial charge in [0.05, 0.1) is 10.7 Å². The van der Waals surface area contributed by atoms with Gasteiger partial charge >= 0.3 is 0 Å². The highest BCUT2D eigenvalue weighted by atomic mass is 35.5. The number of halogens is 1. The number of aryl methyl sites for hydroxylation is 1. The van der Waals surface area contributed by atoms with Crippen LogP contribution in [0.3, 0.4) is 0 Å². The molecule has 3 aromatic rings. The van der Waals surface area contributed by atoms with Crippen LogP contribution in [-0.4, -0.2) is 20.2 Å². The lowest BCUT2D eigenvalue weighted by Gasteiger charge is -2.00. The van der Waals surface area contributed by atoms with E-state index in [1.807, 2.05) is 25.1 Å². The first-order valence-corrected chi connectivity index (χ1v) is 5.55. The number of pyridine rings is 2. The summed E-state index contributed by atoms with van der Waals surface area (Å²) in [4.78, 5) is 8.64. The molecule has 0 bridgehead atoms. The Morgan fingerprint density at radius 2 is 2.06 bits per heavy atom. The van der Waals surface area contributed by atoms with Crippen molar-refractivity contribution in [2.45, 2.75) is 6.92 Å². The Morgan fingerprint density at radius 3 is 2.82 bits per heavy atom. The van der Waals surface area contributed by atoms with Crippen LogP contribution in [0.4, 0.5) is 0 Å². The molecular weight excluding hydrogens is 236 g/mol. The van der Waals surface area contributed by atoms with Gasteiger partial charge in [-0.1, -0.05) is 11.6 Å². The van der Waals surface area contributed by atoms with Crippen LogP contribution in [0.5, 0.6) is 0 Å². The number of nitrogens with zero attached hydrogens (tertiary/aromatic N) is 3. The van der Waals surface area contributed by atoms with E-state index in [9.17, 15) is 0 Å². The highest BCUT2D eigenvalue weighted by Gasteiger charge is 2.06. The number of aromatic amines is 1. The zero-order chi connectivity index (χ0) is 11.8. The predicted octanol–water partition coefficient (Wildman–Crippen LogP) is 2.98. The first-order chi connectivity index (χ1) is 8.24. The zero-order valence-electron chi connectivity index (χ0n) is 9.11. The molecule has 0 aromatic carbocycles. The summed E-state index contributed by atoms with van der Waals surface area (Å²) < 4.78 is 0. The monoisotopic (exact) mass is 244 g/mol. The molecule has 3 rings (SSSR count). The topological polar surface area (TPSA) is 54.5 Å². The van der Waals surface area contributed by atoms with E-state index >= 15 is 0 Å². The van der Waals surface area contributed by atoms with Gasteiger partial charge in [0.25, 0.3) is 0 Å². The van der Waals surface area contributed by atoms with Crippen LogP contribution in [0.15, 0.2) is 30.5 Å². The standard InChI is InChI=1S/C12H9ClN4/c1-7-6-11(17-16-7)10-3-2-8-9(13)4-5-14-12(8)15-10/h2-6H,1H3,(H,16,17). The van der Waals surface area contributed by atoms with Crippen molar-refractivity contribution in [3.05, 3.63) is 41.2 Å². The van der Waals surface area contributed by atoms with Gasteiger partial charge in [0, 0.05) is 17.3 Å². The molecule has 5 heteroatoms. The zero-order valence-corrected chi connectivity index (χ0v) is 9.86. The summed E-state index contributed by atoms with van der Waals surface area (Å²) in [6.07, 6.45) is 1.65. The fraction of sp³-hybridized carbons (Fsp3) is 0.0833. The SMILES string of the molecule is Cc1cc(-c2ccc3c(Cl)ccnc3n2)n[nH]1. The van der Waals surface area contributed by atoms with Crippen molar-refractivity contribution in [2.75, 3.05) is 0 Å². The predicted molar refractivity (Wildman–Crippen MR) is 66.9 cm³/mol. The van der Waals surface area contributed by atoms with Gasteiger partial charge < -0.3 is 0 Å². The van der Waals surface area contributed by atoms with E-state index in [2.05, 4.69) is 20.2 Å². The van der Waals surface area contributed by atoms with Gasteiger partial charge in [-0.15, -0.1) is 0 Å². The molecule has 0 aliphatic carbocycles. The Hall–Kier alpha value is -1.94. The van der Waals surface area contributed by atoms with E-state index < -0.39 is 0 Å². The van der Waals surface area contributed by atoms with Gasteiger partial charge in [-0.25, -0.2) is 9.97 Å². The lowest BCUT2D eigenvalue weighted by atomic mass is 10.2. The van der Waals surface area contributed by atoms with Gasteiger partial charge in [0.15, 0.2) is 5.65 Å². The Labute approximate surface area is 103 Å². The van der Waals surface area contributed by atoms with Gasteiger partial charge in [-0.3, -0.25) is 5.10 Å². The quantitative estimate of drug-likeness (QED) is 0.716. The van der Waals surface area contributed by atoms with Crippen LogP contribution in [0.25, 0.3) is 22.4 Å². The summed E-state index contributed by atoms with van der Waals surface area (Å²) in [6.45, 7) is 1.95. The normalized spacial score (nSPS) is 10.9. The molecular formula is C12H9ClN4. The Balaban J connectivity index is 2.20. The number of hydrogen-bond acceptors (Lipinski definition) is 3. The fourth-order valence-corrected chi connectivity index (χ4v) is 1.89. The Bertz CT molecular complexity index is 690. The highest BCUT2D eigenvalue weighted by molar-refractivity contribution is 6.35. The van der Waals surface area contributed by atoms with Gasteiger partial charge in [-0.05, 0) is 31.2 Å². The van der Waals surface area contributed by atoms with Crippen molar-refractivity contribution >= 4 is 22.6 Å². The van der Waals surface area contributed by atoms with Crippen molar-refractivity contribution < 1.29 is 0 Å². The number of rotatable bonds is 1. The second-order valence-electron chi connectivity index (χ2n) is 3.80. The van der Waals surface area contributed by atoms with Gasteiger partial charge in [-0.2, -0.15) is 5.10 Å². The minimum atomic E-state index is 0.635. The van der Waals surface area contributed by atoms with Gasteiger partial charge in [0.2, 0.25) is 0 Å². The van der Waals surface area contributed by atoms with Crippen LogP contribution in [0, 0.1) is 6.92 Å². The van der Waals surface area contributed by atoms with Crippen LogP contribution in [0.2, 0.25) is 5.02 Å². The van der Waals surface area contributed by atoms with Crippen molar-refractivity contribution in [1.29, 1.82) is 0 Å². The first-order valence-electron chi connectivity index (χ1n) is 5.18. The third kappa shape index (κ3) is 1.76. The Morgan fingerprint density at radius 1 is 1.18 bits per heavy atom. The average Bonchev–Trinajstić information content (AvgIpc) is 2.76. The van der Waals surface area contributed by atoms with Crippen molar-refractivity contribution in [3.8, 4) is 11.4 Å². The highest BCUT2D eigenvalue weighted by Crippen LogP contribution is 2.23. The summed E-state index contributed by atoms with van der Waals surface area (Å²) >= 11 is 6.06. The minimum absolute atomic E-state index is 0.635. The molecule has 0 fully saturated rings. The molecule has 1 N–H and O–H groups in total. The number of nitrogens with one attached hydrogen (secondary N) is 1. The van der Waals surface area contributed by atoms with Crippen molar-refractivity contribution in [3.63, 3.8) is 0 Å². The molecule has 4 nitrogen and oxygen atoms in total. The van der Waals surface area contributed by atoms with Crippen molar-refractivity contribution in [2.24, 2.45) is 0 Å². The van der Waals surface area contributed by atoms with E-state index in [1.165, 1.54) is 0 Å². The molecule has 0 spiro atoms. The molecule has 0 aliphatic heterocycles. The summed E-state index contributed by atoms with van der Waals surface area (Å²) in [5, 5.41) is 8.57. The molecule has 0 saturated carbocycles. The summed E-state index contributed by atoms with van der Waals surface area (Å²) in [5.41, 5.74) is 3.24. The average molecular weight is 245 g/mol. The van der Waals surface area contributed by atoms with Crippen LogP contribution >= 0.6 is 11.6 Å². The van der Waals surface area contributed by atoms with E-state index in [4.69, 9.17) is 11.6 Å². The number of hydrogen-bond donors (Lipinski definition) is 1. The lowest BCUT2D eigenvalue weighted by molar-refractivity contribution is 1.05. The van der Waals surface area contributed by atoms with Gasteiger partial charge in [0.1, 0.15) is 5.69 Å². The number of H-pyrrole nitrogens is 1. The molecule has 0 radical (unpaired) electrons.